The molecule has 7 heteroatoms. The van der Waals surface area contributed by atoms with Crippen LogP contribution in [0, 0.1) is 17.2 Å². The van der Waals surface area contributed by atoms with E-state index in [1.54, 1.807) is 24.3 Å². The van der Waals surface area contributed by atoms with Crippen molar-refractivity contribution in [3.05, 3.63) is 34.9 Å². The average Bonchev–Trinajstić information content (AvgIpc) is 2.60. The Hall–Kier alpha value is -2.26. The monoisotopic (exact) mass is 349 g/mol. The van der Waals surface area contributed by atoms with Gasteiger partial charge in [0.05, 0.1) is 6.07 Å². The lowest BCUT2D eigenvalue weighted by Crippen LogP contribution is -2.41. The van der Waals surface area contributed by atoms with Crippen LogP contribution < -0.4 is 10.6 Å². The summed E-state index contributed by atoms with van der Waals surface area (Å²) in [4.78, 5) is 23.6. The van der Waals surface area contributed by atoms with Crippen molar-refractivity contribution in [3.8, 4) is 6.07 Å². The maximum atomic E-state index is 11.8. The Labute approximate surface area is 146 Å². The number of hydrogen-bond acceptors (Lipinski definition) is 4. The van der Waals surface area contributed by atoms with Crippen LogP contribution >= 0.6 is 11.6 Å². The van der Waals surface area contributed by atoms with E-state index in [4.69, 9.17) is 21.6 Å². The molecule has 0 saturated heterocycles. The van der Waals surface area contributed by atoms with Gasteiger partial charge in [-0.25, -0.2) is 4.79 Å². The molecule has 0 radical (unpaired) electrons. The molecule has 2 rings (SSSR count). The summed E-state index contributed by atoms with van der Waals surface area (Å²) < 4.78 is 5.19. The third-order valence-electron chi connectivity index (χ3n) is 4.04. The lowest BCUT2D eigenvalue weighted by molar-refractivity contribution is -0.125. The lowest BCUT2D eigenvalue weighted by atomic mass is 9.85. The van der Waals surface area contributed by atoms with E-state index in [-0.39, 0.29) is 31.0 Å². The molecule has 0 aromatic heterocycles. The average molecular weight is 350 g/mol. The molecule has 0 bridgehead atoms. The number of carbonyl (C=O) groups excluding carboxylic acids is 2. The number of hydrogen-bond donors (Lipinski definition) is 2. The fourth-order valence-corrected chi connectivity index (χ4v) is 2.83. The highest BCUT2D eigenvalue weighted by Gasteiger charge is 2.27. The number of nitrogens with zero attached hydrogens (tertiary/aromatic N) is 1. The van der Waals surface area contributed by atoms with Gasteiger partial charge in [0.2, 0.25) is 5.91 Å². The van der Waals surface area contributed by atoms with E-state index < -0.39 is 6.09 Å². The van der Waals surface area contributed by atoms with E-state index in [0.717, 1.165) is 18.4 Å². The van der Waals surface area contributed by atoms with Crippen LogP contribution in [0.4, 0.5) is 4.79 Å². The van der Waals surface area contributed by atoms with Crippen molar-refractivity contribution < 1.29 is 14.3 Å². The van der Waals surface area contributed by atoms with E-state index >= 15 is 0 Å². The molecule has 24 heavy (non-hydrogen) atoms. The second kappa shape index (κ2) is 9.14. The number of benzene rings is 1. The molecule has 1 fully saturated rings. The van der Waals surface area contributed by atoms with Gasteiger partial charge in [0, 0.05) is 17.0 Å². The predicted octanol–water partition coefficient (Wildman–Crippen LogP) is 2.76. The first kappa shape index (κ1) is 18.1. The highest BCUT2D eigenvalue weighted by molar-refractivity contribution is 6.30. The SMILES string of the molecule is N#CCNC(=O)C1CCC(NC(=O)OCc2ccc(Cl)cc2)CC1. The van der Waals surface area contributed by atoms with Crippen molar-refractivity contribution >= 4 is 23.6 Å². The smallest absolute Gasteiger partial charge is 0.407 e. The zero-order chi connectivity index (χ0) is 17.4. The van der Waals surface area contributed by atoms with Crippen LogP contribution in [0.15, 0.2) is 24.3 Å². The van der Waals surface area contributed by atoms with Gasteiger partial charge >= 0.3 is 6.09 Å². The first-order valence-corrected chi connectivity index (χ1v) is 8.28. The first-order valence-electron chi connectivity index (χ1n) is 7.91. The fourth-order valence-electron chi connectivity index (χ4n) is 2.71. The molecule has 2 N–H and O–H groups in total. The number of carbonyl (C=O) groups is 2. The van der Waals surface area contributed by atoms with Crippen molar-refractivity contribution in [2.75, 3.05) is 6.54 Å². The molecular weight excluding hydrogens is 330 g/mol. The van der Waals surface area contributed by atoms with E-state index in [9.17, 15) is 9.59 Å². The molecule has 1 aliphatic rings. The van der Waals surface area contributed by atoms with Gasteiger partial charge in [-0.05, 0) is 43.4 Å². The normalized spacial score (nSPS) is 19.8. The molecule has 1 aromatic carbocycles. The second-order valence-corrected chi connectivity index (χ2v) is 6.21. The number of nitriles is 1. The summed E-state index contributed by atoms with van der Waals surface area (Å²) >= 11 is 5.80. The summed E-state index contributed by atoms with van der Waals surface area (Å²) in [7, 11) is 0. The molecule has 0 aliphatic heterocycles. The van der Waals surface area contributed by atoms with Gasteiger partial charge in [0.15, 0.2) is 0 Å². The lowest BCUT2D eigenvalue weighted by Gasteiger charge is -2.27. The summed E-state index contributed by atoms with van der Waals surface area (Å²) in [5.74, 6) is -0.165. The Kier molecular flexibility index (Phi) is 6.89. The van der Waals surface area contributed by atoms with Crippen molar-refractivity contribution in [2.45, 2.75) is 38.3 Å². The van der Waals surface area contributed by atoms with Crippen molar-refractivity contribution in [2.24, 2.45) is 5.92 Å². The molecular formula is C17H20ClN3O3. The summed E-state index contributed by atoms with van der Waals surface area (Å²) in [6.07, 6.45) is 2.38. The maximum Gasteiger partial charge on any atom is 0.407 e. The van der Waals surface area contributed by atoms with E-state index in [1.165, 1.54) is 0 Å². The van der Waals surface area contributed by atoms with Crippen LogP contribution in [0.25, 0.3) is 0 Å². The van der Waals surface area contributed by atoms with Crippen LogP contribution in [0.3, 0.4) is 0 Å². The number of amides is 2. The standard InChI is InChI=1S/C17H20ClN3O3/c18-14-5-1-12(2-6-14)11-24-17(23)21-15-7-3-13(4-8-15)16(22)20-10-9-19/h1-2,5-6,13,15H,3-4,7-8,10-11H2,(H,20,22)(H,21,23). The van der Waals surface area contributed by atoms with Gasteiger partial charge in [-0.15, -0.1) is 0 Å². The summed E-state index contributed by atoms with van der Waals surface area (Å²) in [5, 5.41) is 14.5. The molecule has 2 amide bonds. The third kappa shape index (κ3) is 5.74. The highest BCUT2D eigenvalue weighted by atomic mass is 35.5. The van der Waals surface area contributed by atoms with Crippen LogP contribution in [-0.2, 0) is 16.1 Å². The van der Waals surface area contributed by atoms with Crippen LogP contribution in [0.2, 0.25) is 5.02 Å². The van der Waals surface area contributed by atoms with Crippen LogP contribution in [0.5, 0.6) is 0 Å². The summed E-state index contributed by atoms with van der Waals surface area (Å²) in [5.41, 5.74) is 0.868. The number of ether oxygens (including phenoxy) is 1. The quantitative estimate of drug-likeness (QED) is 0.799. The minimum atomic E-state index is -0.456. The molecule has 0 atom stereocenters. The molecule has 1 aliphatic carbocycles. The van der Waals surface area contributed by atoms with E-state index in [1.807, 2.05) is 6.07 Å². The van der Waals surface area contributed by atoms with Crippen LogP contribution in [-0.4, -0.2) is 24.6 Å². The van der Waals surface area contributed by atoms with Gasteiger partial charge in [0.25, 0.3) is 0 Å². The summed E-state index contributed by atoms with van der Waals surface area (Å²) in [6, 6.07) is 9.01. The van der Waals surface area contributed by atoms with Crippen LogP contribution in [0.1, 0.15) is 31.2 Å². The molecule has 1 aromatic rings. The van der Waals surface area contributed by atoms with Gasteiger partial charge < -0.3 is 15.4 Å². The number of alkyl carbamates (subject to hydrolysis) is 1. The zero-order valence-corrected chi connectivity index (χ0v) is 14.0. The van der Waals surface area contributed by atoms with Gasteiger partial charge in [-0.3, -0.25) is 4.79 Å². The third-order valence-corrected chi connectivity index (χ3v) is 4.30. The van der Waals surface area contributed by atoms with Gasteiger partial charge in [-0.2, -0.15) is 5.26 Å². The minimum absolute atomic E-state index is 0.0164. The second-order valence-electron chi connectivity index (χ2n) is 5.77. The molecule has 6 nitrogen and oxygen atoms in total. The van der Waals surface area contributed by atoms with Crippen molar-refractivity contribution in [1.82, 2.24) is 10.6 Å². The fraction of sp³-hybridized carbons (Fsp3) is 0.471. The summed E-state index contributed by atoms with van der Waals surface area (Å²) in [6.45, 7) is 0.225. The largest absolute Gasteiger partial charge is 0.445 e. The maximum absolute atomic E-state index is 11.8. The molecule has 0 spiro atoms. The van der Waals surface area contributed by atoms with Crippen molar-refractivity contribution in [3.63, 3.8) is 0 Å². The molecule has 0 heterocycles. The molecule has 1 saturated carbocycles. The van der Waals surface area contributed by atoms with E-state index in [0.29, 0.717) is 17.9 Å². The molecule has 128 valence electrons. The molecule has 0 unspecified atom stereocenters. The van der Waals surface area contributed by atoms with E-state index in [2.05, 4.69) is 10.6 Å². The predicted molar refractivity (Wildman–Crippen MR) is 89.1 cm³/mol. The Morgan fingerprint density at radius 3 is 2.50 bits per heavy atom. The van der Waals surface area contributed by atoms with Gasteiger partial charge in [0.1, 0.15) is 13.2 Å². The van der Waals surface area contributed by atoms with Crippen molar-refractivity contribution in [1.29, 1.82) is 5.26 Å². The number of halogens is 1. The Balaban J connectivity index is 1.67. The first-order chi connectivity index (χ1) is 11.6. The highest BCUT2D eigenvalue weighted by Crippen LogP contribution is 2.24. The Morgan fingerprint density at radius 1 is 1.21 bits per heavy atom. The topological polar surface area (TPSA) is 91.2 Å². The minimum Gasteiger partial charge on any atom is -0.445 e. The zero-order valence-electron chi connectivity index (χ0n) is 13.3. The Morgan fingerprint density at radius 2 is 1.88 bits per heavy atom. The number of nitrogens with one attached hydrogen (secondary N) is 2. The van der Waals surface area contributed by atoms with Gasteiger partial charge in [-0.1, -0.05) is 23.7 Å². The Bertz CT molecular complexity index is 605. The number of rotatable bonds is 5.